The van der Waals surface area contributed by atoms with Crippen molar-refractivity contribution in [3.05, 3.63) is 24.4 Å². The van der Waals surface area contributed by atoms with Crippen molar-refractivity contribution in [2.24, 2.45) is 5.73 Å². The standard InChI is InChI=1S/C15H21N3O3/c1-9(19)12(16)8-18-15-11-7-14(21-3)13(20-2)6-10(11)4-5-17-15/h4-7,9,12,19H,8,16H2,1-3H3,(H,17,18). The van der Waals surface area contributed by atoms with Crippen molar-refractivity contribution in [1.29, 1.82) is 0 Å². The Morgan fingerprint density at radius 3 is 2.57 bits per heavy atom. The number of benzene rings is 1. The minimum atomic E-state index is -0.581. The number of aliphatic hydroxyl groups excluding tert-OH is 1. The van der Waals surface area contributed by atoms with Gasteiger partial charge in [-0.15, -0.1) is 0 Å². The van der Waals surface area contributed by atoms with Crippen LogP contribution in [0.5, 0.6) is 11.5 Å². The van der Waals surface area contributed by atoms with E-state index in [0.29, 0.717) is 23.9 Å². The van der Waals surface area contributed by atoms with Gasteiger partial charge in [0.05, 0.1) is 20.3 Å². The van der Waals surface area contributed by atoms with Crippen LogP contribution in [0.2, 0.25) is 0 Å². The summed E-state index contributed by atoms with van der Waals surface area (Å²) < 4.78 is 10.6. The van der Waals surface area contributed by atoms with Gasteiger partial charge in [-0.1, -0.05) is 0 Å². The molecule has 4 N–H and O–H groups in total. The number of nitrogens with zero attached hydrogens (tertiary/aromatic N) is 1. The average Bonchev–Trinajstić information content (AvgIpc) is 2.50. The zero-order valence-corrected chi connectivity index (χ0v) is 12.5. The van der Waals surface area contributed by atoms with Gasteiger partial charge in [0.25, 0.3) is 0 Å². The highest BCUT2D eigenvalue weighted by Crippen LogP contribution is 2.34. The lowest BCUT2D eigenvalue weighted by molar-refractivity contribution is 0.168. The Morgan fingerprint density at radius 1 is 1.29 bits per heavy atom. The zero-order valence-electron chi connectivity index (χ0n) is 12.5. The van der Waals surface area contributed by atoms with Gasteiger partial charge in [0.2, 0.25) is 0 Å². The Kier molecular flexibility index (Phi) is 4.82. The fourth-order valence-corrected chi connectivity index (χ4v) is 2.03. The quantitative estimate of drug-likeness (QED) is 0.745. The molecule has 0 radical (unpaired) electrons. The Balaban J connectivity index is 2.36. The third kappa shape index (κ3) is 3.34. The van der Waals surface area contributed by atoms with E-state index in [9.17, 15) is 5.11 Å². The molecular weight excluding hydrogens is 270 g/mol. The molecule has 2 atom stereocenters. The van der Waals surface area contributed by atoms with Crippen LogP contribution in [0.4, 0.5) is 5.82 Å². The summed E-state index contributed by atoms with van der Waals surface area (Å²) in [7, 11) is 3.20. The van der Waals surface area contributed by atoms with Crippen LogP contribution in [0.1, 0.15) is 6.92 Å². The van der Waals surface area contributed by atoms with Crippen molar-refractivity contribution in [1.82, 2.24) is 4.98 Å². The Labute approximate surface area is 123 Å². The van der Waals surface area contributed by atoms with Gasteiger partial charge in [-0.2, -0.15) is 0 Å². The summed E-state index contributed by atoms with van der Waals surface area (Å²) >= 11 is 0. The number of aromatic nitrogens is 1. The lowest BCUT2D eigenvalue weighted by Gasteiger charge is -2.17. The first-order valence-electron chi connectivity index (χ1n) is 6.75. The van der Waals surface area contributed by atoms with E-state index >= 15 is 0 Å². The van der Waals surface area contributed by atoms with Gasteiger partial charge in [0.1, 0.15) is 5.82 Å². The highest BCUT2D eigenvalue weighted by atomic mass is 16.5. The Morgan fingerprint density at radius 2 is 1.95 bits per heavy atom. The molecule has 114 valence electrons. The first kappa shape index (κ1) is 15.3. The molecule has 0 fully saturated rings. The number of pyridine rings is 1. The summed E-state index contributed by atoms with van der Waals surface area (Å²) in [5.74, 6) is 2.01. The molecule has 2 rings (SSSR count). The summed E-state index contributed by atoms with van der Waals surface area (Å²) in [4.78, 5) is 4.32. The molecule has 6 nitrogen and oxygen atoms in total. The van der Waals surface area contributed by atoms with Crippen LogP contribution in [0, 0.1) is 0 Å². The largest absolute Gasteiger partial charge is 0.493 e. The minimum Gasteiger partial charge on any atom is -0.493 e. The second-order valence-corrected chi connectivity index (χ2v) is 4.87. The second kappa shape index (κ2) is 6.60. The molecule has 0 saturated heterocycles. The molecule has 2 aromatic rings. The van der Waals surface area contributed by atoms with E-state index in [4.69, 9.17) is 15.2 Å². The van der Waals surface area contributed by atoms with Gasteiger partial charge in [-0.3, -0.25) is 0 Å². The van der Waals surface area contributed by atoms with Gasteiger partial charge in [-0.25, -0.2) is 4.98 Å². The fourth-order valence-electron chi connectivity index (χ4n) is 2.03. The summed E-state index contributed by atoms with van der Waals surface area (Å²) in [5.41, 5.74) is 5.83. The molecule has 0 aliphatic carbocycles. The summed E-state index contributed by atoms with van der Waals surface area (Å²) in [6, 6.07) is 5.31. The number of anilines is 1. The van der Waals surface area contributed by atoms with E-state index in [1.807, 2.05) is 18.2 Å². The molecule has 2 unspecified atom stereocenters. The molecule has 21 heavy (non-hydrogen) atoms. The van der Waals surface area contributed by atoms with Gasteiger partial charge < -0.3 is 25.6 Å². The number of nitrogens with two attached hydrogens (primary N) is 1. The number of hydrogen-bond donors (Lipinski definition) is 3. The number of fused-ring (bicyclic) bond motifs is 1. The molecule has 0 spiro atoms. The van der Waals surface area contributed by atoms with Crippen LogP contribution in [0.25, 0.3) is 10.8 Å². The van der Waals surface area contributed by atoms with E-state index in [1.165, 1.54) is 0 Å². The summed E-state index contributed by atoms with van der Waals surface area (Å²) in [6.45, 7) is 2.09. The number of rotatable bonds is 6. The van der Waals surface area contributed by atoms with Crippen molar-refractivity contribution in [2.45, 2.75) is 19.1 Å². The fraction of sp³-hybridized carbons (Fsp3) is 0.400. The highest BCUT2D eigenvalue weighted by molar-refractivity contribution is 5.94. The first-order chi connectivity index (χ1) is 10.1. The molecule has 0 aliphatic heterocycles. The predicted molar refractivity (Wildman–Crippen MR) is 83.0 cm³/mol. The maximum atomic E-state index is 9.44. The van der Waals surface area contributed by atoms with Crippen LogP contribution in [0.15, 0.2) is 24.4 Å². The molecule has 0 saturated carbocycles. The first-order valence-corrected chi connectivity index (χ1v) is 6.75. The molecule has 1 heterocycles. The normalized spacial score (nSPS) is 13.8. The summed E-state index contributed by atoms with van der Waals surface area (Å²) in [5, 5.41) is 14.5. The maximum absolute atomic E-state index is 9.44. The molecule has 6 heteroatoms. The minimum absolute atomic E-state index is 0.359. The van der Waals surface area contributed by atoms with Crippen LogP contribution in [-0.2, 0) is 0 Å². The number of hydrogen-bond acceptors (Lipinski definition) is 6. The van der Waals surface area contributed by atoms with Crippen LogP contribution >= 0.6 is 0 Å². The lowest BCUT2D eigenvalue weighted by atomic mass is 10.1. The third-order valence-electron chi connectivity index (χ3n) is 3.39. The van der Waals surface area contributed by atoms with Gasteiger partial charge in [0, 0.05) is 24.2 Å². The van der Waals surface area contributed by atoms with Crippen LogP contribution in [0.3, 0.4) is 0 Å². The van der Waals surface area contributed by atoms with E-state index in [1.54, 1.807) is 27.3 Å². The van der Waals surface area contributed by atoms with E-state index in [2.05, 4.69) is 10.3 Å². The third-order valence-corrected chi connectivity index (χ3v) is 3.39. The van der Waals surface area contributed by atoms with Crippen molar-refractivity contribution in [3.8, 4) is 11.5 Å². The molecule has 0 aliphatic rings. The second-order valence-electron chi connectivity index (χ2n) is 4.87. The van der Waals surface area contributed by atoms with Crippen molar-refractivity contribution in [2.75, 3.05) is 26.1 Å². The smallest absolute Gasteiger partial charge is 0.161 e. The SMILES string of the molecule is COc1cc2ccnc(NCC(N)C(C)O)c2cc1OC. The van der Waals surface area contributed by atoms with Gasteiger partial charge >= 0.3 is 0 Å². The summed E-state index contributed by atoms with van der Waals surface area (Å²) in [6.07, 6.45) is 1.13. The van der Waals surface area contributed by atoms with Gasteiger partial charge in [0.15, 0.2) is 11.5 Å². The zero-order chi connectivity index (χ0) is 15.4. The van der Waals surface area contributed by atoms with E-state index < -0.39 is 6.10 Å². The molecular formula is C15H21N3O3. The monoisotopic (exact) mass is 291 g/mol. The number of ether oxygens (including phenoxy) is 2. The maximum Gasteiger partial charge on any atom is 0.161 e. The highest BCUT2D eigenvalue weighted by Gasteiger charge is 2.12. The Hall–Kier alpha value is -2.05. The number of methoxy groups -OCH3 is 2. The van der Waals surface area contributed by atoms with Crippen molar-refractivity contribution < 1.29 is 14.6 Å². The topological polar surface area (TPSA) is 89.6 Å². The molecule has 1 aromatic heterocycles. The van der Waals surface area contributed by atoms with Gasteiger partial charge in [-0.05, 0) is 30.5 Å². The lowest BCUT2D eigenvalue weighted by Crippen LogP contribution is -2.38. The van der Waals surface area contributed by atoms with Crippen LogP contribution in [-0.4, -0.2) is 43.0 Å². The average molecular weight is 291 g/mol. The molecule has 0 amide bonds. The van der Waals surface area contributed by atoms with Crippen LogP contribution < -0.4 is 20.5 Å². The number of nitrogens with one attached hydrogen (secondary N) is 1. The van der Waals surface area contributed by atoms with Crippen molar-refractivity contribution in [3.63, 3.8) is 0 Å². The van der Waals surface area contributed by atoms with Crippen molar-refractivity contribution >= 4 is 16.6 Å². The Bertz CT molecular complexity index is 616. The van der Waals surface area contributed by atoms with E-state index in [-0.39, 0.29) is 6.04 Å². The molecule has 1 aromatic carbocycles. The van der Waals surface area contributed by atoms with E-state index in [0.717, 1.165) is 10.8 Å². The predicted octanol–water partition coefficient (Wildman–Crippen LogP) is 1.37. The molecule has 0 bridgehead atoms. The number of aliphatic hydroxyl groups is 1.